The molecule has 2 unspecified atom stereocenters. The van der Waals surface area contributed by atoms with Crippen LogP contribution >= 0.6 is 11.3 Å². The maximum atomic E-state index is 12.6. The fourth-order valence-electron chi connectivity index (χ4n) is 2.53. The van der Waals surface area contributed by atoms with E-state index in [0.717, 1.165) is 13.1 Å². The minimum atomic E-state index is 0.0369. The first kappa shape index (κ1) is 14.1. The second-order valence-electron chi connectivity index (χ2n) is 5.28. The topological polar surface area (TPSA) is 71.0 Å². The normalized spacial score (nSPS) is 22.3. The molecule has 7 heteroatoms. The van der Waals surface area contributed by atoms with E-state index in [1.165, 1.54) is 11.3 Å². The van der Waals surface area contributed by atoms with Crippen LogP contribution in [0.5, 0.6) is 0 Å². The number of hydrogen-bond donors (Lipinski definition) is 1. The van der Waals surface area contributed by atoms with Crippen molar-refractivity contribution in [3.63, 3.8) is 0 Å². The van der Waals surface area contributed by atoms with Crippen molar-refractivity contribution >= 4 is 17.2 Å². The van der Waals surface area contributed by atoms with Crippen LogP contribution in [0.3, 0.4) is 0 Å². The van der Waals surface area contributed by atoms with Gasteiger partial charge < -0.3 is 10.2 Å². The van der Waals surface area contributed by atoms with Crippen molar-refractivity contribution in [3.8, 4) is 10.8 Å². The molecule has 1 amide bonds. The van der Waals surface area contributed by atoms with Crippen molar-refractivity contribution in [2.75, 3.05) is 13.1 Å². The van der Waals surface area contributed by atoms with Gasteiger partial charge >= 0.3 is 0 Å². The zero-order valence-corrected chi connectivity index (χ0v) is 12.8. The van der Waals surface area contributed by atoms with Gasteiger partial charge in [-0.1, -0.05) is 0 Å². The van der Waals surface area contributed by atoms with Gasteiger partial charge in [-0.15, -0.1) is 11.3 Å². The molecule has 3 rings (SSSR count). The lowest BCUT2D eigenvalue weighted by Gasteiger charge is -2.35. The van der Waals surface area contributed by atoms with Gasteiger partial charge in [0.25, 0.3) is 5.91 Å². The monoisotopic (exact) mass is 303 g/mol. The Kier molecular flexibility index (Phi) is 3.94. The van der Waals surface area contributed by atoms with Gasteiger partial charge in [0.05, 0.1) is 6.20 Å². The molecule has 2 aromatic rings. The molecule has 2 aromatic heterocycles. The van der Waals surface area contributed by atoms with Gasteiger partial charge in [-0.25, -0.2) is 15.0 Å². The quantitative estimate of drug-likeness (QED) is 0.908. The Morgan fingerprint density at radius 1 is 1.24 bits per heavy atom. The summed E-state index contributed by atoms with van der Waals surface area (Å²) in [6.45, 7) is 5.62. The maximum Gasteiger partial charge on any atom is 0.265 e. The first-order valence-corrected chi connectivity index (χ1v) is 7.73. The zero-order valence-electron chi connectivity index (χ0n) is 12.0. The fourth-order valence-corrected chi connectivity index (χ4v) is 3.37. The first-order valence-electron chi connectivity index (χ1n) is 6.92. The standard InChI is InChI=1S/C14H17N5OS/c1-9-7-19(8-10(2)18-9)14(20)11-6-17-13(21-11)12-15-4-3-5-16-12/h3-6,9-10,18H,7-8H2,1-2H3. The summed E-state index contributed by atoms with van der Waals surface area (Å²) in [7, 11) is 0. The first-order chi connectivity index (χ1) is 10.1. The molecule has 0 saturated carbocycles. The van der Waals surface area contributed by atoms with Crippen LogP contribution in [0.2, 0.25) is 0 Å². The van der Waals surface area contributed by atoms with Crippen LogP contribution in [-0.2, 0) is 0 Å². The Morgan fingerprint density at radius 2 is 1.90 bits per heavy atom. The predicted molar refractivity (Wildman–Crippen MR) is 81.1 cm³/mol. The molecular weight excluding hydrogens is 286 g/mol. The molecular formula is C14H17N5OS. The highest BCUT2D eigenvalue weighted by Gasteiger charge is 2.26. The van der Waals surface area contributed by atoms with Gasteiger partial charge in [0.2, 0.25) is 0 Å². The maximum absolute atomic E-state index is 12.6. The van der Waals surface area contributed by atoms with E-state index < -0.39 is 0 Å². The molecule has 6 nitrogen and oxygen atoms in total. The minimum absolute atomic E-state index is 0.0369. The SMILES string of the molecule is CC1CN(C(=O)c2cnc(-c3ncccn3)s2)CC(C)N1. The van der Waals surface area contributed by atoms with Crippen LogP contribution in [-0.4, -0.2) is 50.9 Å². The number of nitrogens with zero attached hydrogens (tertiary/aromatic N) is 4. The summed E-state index contributed by atoms with van der Waals surface area (Å²) in [5.41, 5.74) is 0. The third-order valence-corrected chi connectivity index (χ3v) is 4.30. The van der Waals surface area contributed by atoms with Gasteiger partial charge in [-0.2, -0.15) is 0 Å². The Balaban J connectivity index is 1.78. The molecule has 3 heterocycles. The zero-order chi connectivity index (χ0) is 14.8. The van der Waals surface area contributed by atoms with E-state index in [2.05, 4.69) is 34.1 Å². The second kappa shape index (κ2) is 5.87. The van der Waals surface area contributed by atoms with Crippen LogP contribution in [0.15, 0.2) is 24.7 Å². The molecule has 1 saturated heterocycles. The lowest BCUT2D eigenvalue weighted by Crippen LogP contribution is -2.55. The number of carbonyl (C=O) groups excluding carboxylic acids is 1. The van der Waals surface area contributed by atoms with Crippen molar-refractivity contribution in [1.29, 1.82) is 0 Å². The third kappa shape index (κ3) is 3.08. The molecule has 0 aromatic carbocycles. The van der Waals surface area contributed by atoms with Crippen molar-refractivity contribution < 1.29 is 4.79 Å². The highest BCUT2D eigenvalue weighted by molar-refractivity contribution is 7.16. The lowest BCUT2D eigenvalue weighted by atomic mass is 10.1. The third-order valence-electron chi connectivity index (χ3n) is 3.32. The smallest absolute Gasteiger partial charge is 0.265 e. The van der Waals surface area contributed by atoms with E-state index >= 15 is 0 Å². The van der Waals surface area contributed by atoms with E-state index in [-0.39, 0.29) is 5.91 Å². The van der Waals surface area contributed by atoms with E-state index in [1.807, 2.05) is 4.90 Å². The summed E-state index contributed by atoms with van der Waals surface area (Å²) in [6.07, 6.45) is 4.96. The average Bonchev–Trinajstić information content (AvgIpc) is 2.96. The number of thiazole rings is 1. The van der Waals surface area contributed by atoms with Crippen LogP contribution in [0.4, 0.5) is 0 Å². The molecule has 21 heavy (non-hydrogen) atoms. The van der Waals surface area contributed by atoms with Crippen molar-refractivity contribution in [1.82, 2.24) is 25.2 Å². The Bertz CT molecular complexity index is 619. The molecule has 0 radical (unpaired) electrons. The predicted octanol–water partition coefficient (Wildman–Crippen LogP) is 1.42. The van der Waals surface area contributed by atoms with Crippen molar-refractivity contribution in [3.05, 3.63) is 29.5 Å². The van der Waals surface area contributed by atoms with Crippen LogP contribution in [0.25, 0.3) is 10.8 Å². The average molecular weight is 303 g/mol. The van der Waals surface area contributed by atoms with E-state index in [0.29, 0.717) is 27.8 Å². The highest BCUT2D eigenvalue weighted by Crippen LogP contribution is 2.23. The van der Waals surface area contributed by atoms with Crippen LogP contribution in [0.1, 0.15) is 23.5 Å². The van der Waals surface area contributed by atoms with Gasteiger partial charge in [0, 0.05) is 37.6 Å². The molecule has 110 valence electrons. The number of amides is 1. The van der Waals surface area contributed by atoms with E-state index in [9.17, 15) is 4.79 Å². The summed E-state index contributed by atoms with van der Waals surface area (Å²) < 4.78 is 0. The number of hydrogen-bond acceptors (Lipinski definition) is 6. The molecule has 1 aliphatic rings. The summed E-state index contributed by atoms with van der Waals surface area (Å²) in [4.78, 5) is 27.7. The van der Waals surface area contributed by atoms with Gasteiger partial charge in [0.1, 0.15) is 4.88 Å². The summed E-state index contributed by atoms with van der Waals surface area (Å²) in [5, 5.41) is 4.10. The second-order valence-corrected chi connectivity index (χ2v) is 6.31. The van der Waals surface area contributed by atoms with Crippen LogP contribution < -0.4 is 5.32 Å². The molecule has 0 aliphatic carbocycles. The molecule has 1 fully saturated rings. The van der Waals surface area contributed by atoms with E-state index in [1.54, 1.807) is 24.7 Å². The van der Waals surface area contributed by atoms with Crippen molar-refractivity contribution in [2.45, 2.75) is 25.9 Å². The Morgan fingerprint density at radius 3 is 2.57 bits per heavy atom. The van der Waals surface area contributed by atoms with Gasteiger partial charge in [-0.05, 0) is 19.9 Å². The largest absolute Gasteiger partial charge is 0.335 e. The van der Waals surface area contributed by atoms with Gasteiger partial charge in [-0.3, -0.25) is 4.79 Å². The summed E-state index contributed by atoms with van der Waals surface area (Å²) >= 11 is 1.34. The molecule has 2 atom stereocenters. The number of piperazine rings is 1. The molecule has 0 spiro atoms. The lowest BCUT2D eigenvalue weighted by molar-refractivity contribution is 0.0678. The number of nitrogens with one attached hydrogen (secondary N) is 1. The Hall–Kier alpha value is -1.86. The fraction of sp³-hybridized carbons (Fsp3) is 0.429. The number of aromatic nitrogens is 3. The minimum Gasteiger partial charge on any atom is -0.335 e. The highest BCUT2D eigenvalue weighted by atomic mass is 32.1. The molecule has 0 bridgehead atoms. The van der Waals surface area contributed by atoms with Crippen molar-refractivity contribution in [2.24, 2.45) is 0 Å². The Labute approximate surface area is 127 Å². The summed E-state index contributed by atoms with van der Waals surface area (Å²) in [5.74, 6) is 0.596. The molecule has 1 N–H and O–H groups in total. The number of carbonyl (C=O) groups is 1. The van der Waals surface area contributed by atoms with E-state index in [4.69, 9.17) is 0 Å². The summed E-state index contributed by atoms with van der Waals surface area (Å²) in [6, 6.07) is 2.37. The van der Waals surface area contributed by atoms with Gasteiger partial charge in [0.15, 0.2) is 10.8 Å². The number of rotatable bonds is 2. The molecule has 1 aliphatic heterocycles. The van der Waals surface area contributed by atoms with Crippen LogP contribution in [0, 0.1) is 0 Å².